The summed E-state index contributed by atoms with van der Waals surface area (Å²) in [5, 5.41) is 2.68. The molecule has 1 aromatic rings. The normalized spacial score (nSPS) is 10.3. The predicted molar refractivity (Wildman–Crippen MR) is 74.2 cm³/mol. The average Bonchev–Trinajstić information content (AvgIpc) is 2.41. The monoisotopic (exact) mass is 284 g/mol. The van der Waals surface area contributed by atoms with Gasteiger partial charge in [0.2, 0.25) is 0 Å². The van der Waals surface area contributed by atoms with Crippen LogP contribution in [0.1, 0.15) is 12.0 Å². The number of hydrogen-bond donors (Lipinski definition) is 2. The Morgan fingerprint density at radius 2 is 2.20 bits per heavy atom. The molecule has 0 aliphatic carbocycles. The van der Waals surface area contributed by atoms with Crippen molar-refractivity contribution < 1.29 is 18.7 Å². The zero-order valence-corrected chi connectivity index (χ0v) is 11.7. The Kier molecular flexibility index (Phi) is 7.60. The number of ether oxygens (including phenoxy) is 2. The number of nitrogens with two attached hydrogens (primary N) is 1. The van der Waals surface area contributed by atoms with Crippen molar-refractivity contribution in [2.45, 2.75) is 12.8 Å². The number of nitrogens with one attached hydrogen (secondary N) is 1. The van der Waals surface area contributed by atoms with Gasteiger partial charge in [0.05, 0.1) is 0 Å². The van der Waals surface area contributed by atoms with Crippen LogP contribution in [0.25, 0.3) is 0 Å². The standard InChI is InChI=1S/C14H21FN2O3/c1-19-6-2-5-17-14(18)10-20-13-8-11(3-4-16)7-12(15)9-13/h7-9H,2-6,10,16H2,1H3,(H,17,18). The van der Waals surface area contributed by atoms with E-state index in [-0.39, 0.29) is 12.5 Å². The molecule has 6 heteroatoms. The summed E-state index contributed by atoms with van der Waals surface area (Å²) >= 11 is 0. The van der Waals surface area contributed by atoms with Gasteiger partial charge in [-0.2, -0.15) is 0 Å². The summed E-state index contributed by atoms with van der Waals surface area (Å²) in [7, 11) is 1.60. The molecule has 0 saturated carbocycles. The predicted octanol–water partition coefficient (Wildman–Crippen LogP) is 0.858. The summed E-state index contributed by atoms with van der Waals surface area (Å²) in [6.45, 7) is 1.41. The highest BCUT2D eigenvalue weighted by atomic mass is 19.1. The molecule has 0 spiro atoms. The molecule has 1 aromatic carbocycles. The summed E-state index contributed by atoms with van der Waals surface area (Å²) in [5.74, 6) is -0.308. The lowest BCUT2D eigenvalue weighted by Gasteiger charge is -2.09. The van der Waals surface area contributed by atoms with E-state index in [0.717, 1.165) is 12.0 Å². The van der Waals surface area contributed by atoms with Crippen LogP contribution in [0.2, 0.25) is 0 Å². The zero-order chi connectivity index (χ0) is 14.8. The largest absolute Gasteiger partial charge is 0.484 e. The number of carbonyl (C=O) groups is 1. The topological polar surface area (TPSA) is 73.6 Å². The number of amides is 1. The maximum Gasteiger partial charge on any atom is 0.257 e. The van der Waals surface area contributed by atoms with Crippen LogP contribution in [0, 0.1) is 5.82 Å². The van der Waals surface area contributed by atoms with Gasteiger partial charge < -0.3 is 20.5 Å². The van der Waals surface area contributed by atoms with Crippen LogP contribution in [-0.2, 0) is 16.0 Å². The highest BCUT2D eigenvalue weighted by Gasteiger charge is 2.05. The maximum absolute atomic E-state index is 13.3. The number of rotatable bonds is 9. The van der Waals surface area contributed by atoms with Gasteiger partial charge in [0.25, 0.3) is 5.91 Å². The van der Waals surface area contributed by atoms with E-state index in [1.807, 2.05) is 0 Å². The molecule has 0 aromatic heterocycles. The minimum atomic E-state index is -0.397. The fourth-order valence-corrected chi connectivity index (χ4v) is 1.66. The highest BCUT2D eigenvalue weighted by molar-refractivity contribution is 5.77. The molecule has 5 nitrogen and oxygen atoms in total. The number of methoxy groups -OCH3 is 1. The molecule has 0 atom stereocenters. The Balaban J connectivity index is 2.38. The van der Waals surface area contributed by atoms with Crippen molar-refractivity contribution in [3.63, 3.8) is 0 Å². The van der Waals surface area contributed by atoms with Crippen molar-refractivity contribution in [3.8, 4) is 5.75 Å². The number of carbonyl (C=O) groups excluding carboxylic acids is 1. The van der Waals surface area contributed by atoms with Gasteiger partial charge in [0, 0.05) is 26.3 Å². The zero-order valence-electron chi connectivity index (χ0n) is 11.7. The van der Waals surface area contributed by atoms with Crippen molar-refractivity contribution in [1.82, 2.24) is 5.32 Å². The Bertz CT molecular complexity index is 427. The molecule has 1 amide bonds. The SMILES string of the molecule is COCCCNC(=O)COc1cc(F)cc(CCN)c1. The second kappa shape index (κ2) is 9.28. The Morgan fingerprint density at radius 3 is 2.90 bits per heavy atom. The molecule has 0 bridgehead atoms. The lowest BCUT2D eigenvalue weighted by molar-refractivity contribution is -0.123. The Morgan fingerprint density at radius 1 is 1.40 bits per heavy atom. The van der Waals surface area contributed by atoms with Gasteiger partial charge in [0.15, 0.2) is 6.61 Å². The Hall–Kier alpha value is -1.66. The summed E-state index contributed by atoms with van der Waals surface area (Å²) in [5.41, 5.74) is 6.18. The summed E-state index contributed by atoms with van der Waals surface area (Å²) in [6.07, 6.45) is 1.31. The fraction of sp³-hybridized carbons (Fsp3) is 0.500. The van der Waals surface area contributed by atoms with Gasteiger partial charge in [-0.3, -0.25) is 4.79 Å². The molecule has 0 saturated heterocycles. The molecule has 0 unspecified atom stereocenters. The van der Waals surface area contributed by atoms with Gasteiger partial charge in [-0.15, -0.1) is 0 Å². The van der Waals surface area contributed by atoms with E-state index in [9.17, 15) is 9.18 Å². The Labute approximate surface area is 118 Å². The second-order valence-electron chi connectivity index (χ2n) is 4.32. The maximum atomic E-state index is 13.3. The van der Waals surface area contributed by atoms with E-state index >= 15 is 0 Å². The lowest BCUT2D eigenvalue weighted by Crippen LogP contribution is -2.30. The molecule has 0 radical (unpaired) electrons. The molecular weight excluding hydrogens is 263 g/mol. The van der Waals surface area contributed by atoms with Crippen LogP contribution in [-0.4, -0.2) is 39.3 Å². The van der Waals surface area contributed by atoms with Gasteiger partial charge >= 0.3 is 0 Å². The van der Waals surface area contributed by atoms with Crippen molar-refractivity contribution in [3.05, 3.63) is 29.6 Å². The van der Waals surface area contributed by atoms with E-state index in [4.69, 9.17) is 15.2 Å². The first kappa shape index (κ1) is 16.4. The van der Waals surface area contributed by atoms with Gasteiger partial charge in [0.1, 0.15) is 11.6 Å². The second-order valence-corrected chi connectivity index (χ2v) is 4.32. The third-order valence-electron chi connectivity index (χ3n) is 2.58. The van der Waals surface area contributed by atoms with Gasteiger partial charge in [-0.05, 0) is 37.1 Å². The quantitative estimate of drug-likeness (QED) is 0.660. The van der Waals surface area contributed by atoms with E-state index in [1.54, 1.807) is 13.2 Å². The van der Waals surface area contributed by atoms with Crippen molar-refractivity contribution in [1.29, 1.82) is 0 Å². The van der Waals surface area contributed by atoms with Crippen LogP contribution in [0.15, 0.2) is 18.2 Å². The van der Waals surface area contributed by atoms with E-state index < -0.39 is 5.82 Å². The van der Waals surface area contributed by atoms with Crippen LogP contribution < -0.4 is 15.8 Å². The molecule has 3 N–H and O–H groups in total. The molecule has 0 fully saturated rings. The molecule has 0 aliphatic heterocycles. The molecular formula is C14H21FN2O3. The van der Waals surface area contributed by atoms with Gasteiger partial charge in [-0.25, -0.2) is 4.39 Å². The minimum Gasteiger partial charge on any atom is -0.484 e. The van der Waals surface area contributed by atoms with Crippen LogP contribution in [0.3, 0.4) is 0 Å². The van der Waals surface area contributed by atoms with E-state index in [1.165, 1.54) is 12.1 Å². The molecule has 0 heterocycles. The molecule has 20 heavy (non-hydrogen) atoms. The summed E-state index contributed by atoms with van der Waals surface area (Å²) in [6, 6.07) is 4.34. The number of benzene rings is 1. The lowest BCUT2D eigenvalue weighted by atomic mass is 10.1. The fourth-order valence-electron chi connectivity index (χ4n) is 1.66. The van der Waals surface area contributed by atoms with Crippen LogP contribution in [0.4, 0.5) is 4.39 Å². The van der Waals surface area contributed by atoms with Crippen molar-refractivity contribution in [2.75, 3.05) is 33.4 Å². The summed E-state index contributed by atoms with van der Waals surface area (Å²) < 4.78 is 23.5. The average molecular weight is 284 g/mol. The number of halogens is 1. The third-order valence-corrected chi connectivity index (χ3v) is 2.58. The first-order chi connectivity index (χ1) is 9.65. The first-order valence-electron chi connectivity index (χ1n) is 6.53. The van der Waals surface area contributed by atoms with E-state index in [0.29, 0.717) is 31.9 Å². The van der Waals surface area contributed by atoms with Crippen molar-refractivity contribution >= 4 is 5.91 Å². The number of hydrogen-bond acceptors (Lipinski definition) is 4. The molecule has 0 aliphatic rings. The van der Waals surface area contributed by atoms with E-state index in [2.05, 4.69) is 5.32 Å². The minimum absolute atomic E-state index is 0.140. The van der Waals surface area contributed by atoms with Crippen LogP contribution >= 0.6 is 0 Å². The first-order valence-corrected chi connectivity index (χ1v) is 6.53. The van der Waals surface area contributed by atoms with Crippen LogP contribution in [0.5, 0.6) is 5.75 Å². The van der Waals surface area contributed by atoms with Crippen molar-refractivity contribution in [2.24, 2.45) is 5.73 Å². The van der Waals surface area contributed by atoms with Gasteiger partial charge in [-0.1, -0.05) is 0 Å². The highest BCUT2D eigenvalue weighted by Crippen LogP contribution is 2.16. The molecule has 112 valence electrons. The summed E-state index contributed by atoms with van der Waals surface area (Å²) in [4.78, 5) is 11.5. The third kappa shape index (κ3) is 6.49. The molecule has 1 rings (SSSR count). The smallest absolute Gasteiger partial charge is 0.257 e.